The fraction of sp³-hybridized carbons (Fsp3) is 1.00. The van der Waals surface area contributed by atoms with E-state index in [0.717, 1.165) is 38.9 Å². The number of hydrogen-bond acceptors (Lipinski definition) is 3. The molecule has 1 saturated heterocycles. The molecule has 1 aliphatic heterocycles. The van der Waals surface area contributed by atoms with Crippen LogP contribution in [0.4, 0.5) is 0 Å². The minimum atomic E-state index is 0.0134. The van der Waals surface area contributed by atoms with Crippen molar-refractivity contribution in [1.82, 2.24) is 0 Å². The third kappa shape index (κ3) is 4.72. The third-order valence-corrected chi connectivity index (χ3v) is 1.95. The Balaban J connectivity index is 1.85. The highest BCUT2D eigenvalue weighted by Crippen LogP contribution is 2.12. The van der Waals surface area contributed by atoms with Crippen LogP contribution in [0.2, 0.25) is 0 Å². The zero-order valence-electron chi connectivity index (χ0n) is 7.69. The topological polar surface area (TPSA) is 67.2 Å². The minimum Gasteiger partial charge on any atom is -0.350 e. The van der Waals surface area contributed by atoms with Gasteiger partial charge in [0.25, 0.3) is 0 Å². The summed E-state index contributed by atoms with van der Waals surface area (Å²) in [5.41, 5.74) is 8.01. The summed E-state index contributed by atoms with van der Waals surface area (Å²) in [6, 6.07) is 0. The fourth-order valence-corrected chi connectivity index (χ4v) is 1.29. The molecule has 1 rings (SSSR count). The van der Waals surface area contributed by atoms with E-state index in [-0.39, 0.29) is 6.29 Å². The Kier molecular flexibility index (Phi) is 5.33. The molecule has 0 aromatic carbocycles. The van der Waals surface area contributed by atoms with Crippen LogP contribution in [0.15, 0.2) is 5.11 Å². The minimum absolute atomic E-state index is 0.0134. The molecular formula is C8H15N3O2. The van der Waals surface area contributed by atoms with Crippen molar-refractivity contribution in [2.75, 3.05) is 19.8 Å². The summed E-state index contributed by atoms with van der Waals surface area (Å²) in [7, 11) is 0. The predicted octanol–water partition coefficient (Wildman–Crippen LogP) is 2.23. The summed E-state index contributed by atoms with van der Waals surface area (Å²) in [5.74, 6) is 0. The molecule has 0 aromatic heterocycles. The maximum Gasteiger partial charge on any atom is 0.157 e. The van der Waals surface area contributed by atoms with Crippen LogP contribution in [0.25, 0.3) is 10.4 Å². The van der Waals surface area contributed by atoms with E-state index < -0.39 is 0 Å². The number of hydrogen-bond donors (Lipinski definition) is 0. The number of azide groups is 1. The maximum absolute atomic E-state index is 8.01. The van der Waals surface area contributed by atoms with Gasteiger partial charge < -0.3 is 9.47 Å². The van der Waals surface area contributed by atoms with Crippen LogP contribution in [0.3, 0.4) is 0 Å². The molecule has 0 bridgehead atoms. The molecule has 1 aliphatic rings. The molecule has 0 spiro atoms. The first-order valence-electron chi connectivity index (χ1n) is 4.67. The predicted molar refractivity (Wildman–Crippen MR) is 48.2 cm³/mol. The van der Waals surface area contributed by atoms with Gasteiger partial charge in [-0.1, -0.05) is 11.5 Å². The van der Waals surface area contributed by atoms with Crippen LogP contribution < -0.4 is 0 Å². The van der Waals surface area contributed by atoms with Gasteiger partial charge in [-0.3, -0.25) is 0 Å². The lowest BCUT2D eigenvalue weighted by molar-refractivity contribution is -0.0479. The van der Waals surface area contributed by atoms with Gasteiger partial charge in [-0.05, 0) is 24.8 Å². The molecule has 5 nitrogen and oxygen atoms in total. The summed E-state index contributed by atoms with van der Waals surface area (Å²) in [5, 5.41) is 3.46. The quantitative estimate of drug-likeness (QED) is 0.275. The largest absolute Gasteiger partial charge is 0.350 e. The molecule has 0 radical (unpaired) electrons. The van der Waals surface area contributed by atoms with Gasteiger partial charge in [0.1, 0.15) is 0 Å². The SMILES string of the molecule is [N-]=[N+]=NCCCCCC1OCCO1. The van der Waals surface area contributed by atoms with Crippen molar-refractivity contribution >= 4 is 0 Å². The molecule has 0 amide bonds. The van der Waals surface area contributed by atoms with E-state index in [2.05, 4.69) is 10.0 Å². The second-order valence-corrected chi connectivity index (χ2v) is 2.97. The van der Waals surface area contributed by atoms with Gasteiger partial charge in [0.15, 0.2) is 6.29 Å². The van der Waals surface area contributed by atoms with E-state index in [1.165, 1.54) is 0 Å². The molecule has 0 atom stereocenters. The van der Waals surface area contributed by atoms with E-state index in [1.807, 2.05) is 0 Å². The van der Waals surface area contributed by atoms with E-state index >= 15 is 0 Å². The van der Waals surface area contributed by atoms with Gasteiger partial charge in [-0.2, -0.15) is 0 Å². The monoisotopic (exact) mass is 185 g/mol. The molecule has 5 heteroatoms. The highest BCUT2D eigenvalue weighted by molar-refractivity contribution is 4.54. The lowest BCUT2D eigenvalue weighted by atomic mass is 10.2. The second kappa shape index (κ2) is 6.71. The Hall–Kier alpha value is -0.770. The van der Waals surface area contributed by atoms with Gasteiger partial charge in [0.05, 0.1) is 13.2 Å². The zero-order chi connectivity index (χ0) is 9.36. The Bertz CT molecular complexity index is 174. The third-order valence-electron chi connectivity index (χ3n) is 1.95. The smallest absolute Gasteiger partial charge is 0.157 e. The number of ether oxygens (including phenoxy) is 2. The van der Waals surface area contributed by atoms with Crippen molar-refractivity contribution in [2.24, 2.45) is 5.11 Å². The van der Waals surface area contributed by atoms with Crippen molar-refractivity contribution in [2.45, 2.75) is 32.0 Å². The summed E-state index contributed by atoms with van der Waals surface area (Å²) >= 11 is 0. The molecule has 1 heterocycles. The molecule has 74 valence electrons. The van der Waals surface area contributed by atoms with Crippen LogP contribution in [0.1, 0.15) is 25.7 Å². The van der Waals surface area contributed by atoms with Crippen LogP contribution >= 0.6 is 0 Å². The molecule has 0 aromatic rings. The first-order valence-corrected chi connectivity index (χ1v) is 4.67. The summed E-state index contributed by atoms with van der Waals surface area (Å²) < 4.78 is 10.6. The average Bonchev–Trinajstić information content (AvgIpc) is 2.63. The molecule has 0 N–H and O–H groups in total. The van der Waals surface area contributed by atoms with E-state index in [4.69, 9.17) is 15.0 Å². The van der Waals surface area contributed by atoms with E-state index in [9.17, 15) is 0 Å². The average molecular weight is 185 g/mol. The molecule has 0 unspecified atom stereocenters. The molecule has 0 aliphatic carbocycles. The highest BCUT2D eigenvalue weighted by atomic mass is 16.7. The second-order valence-electron chi connectivity index (χ2n) is 2.97. The van der Waals surface area contributed by atoms with Crippen LogP contribution in [-0.4, -0.2) is 26.0 Å². The van der Waals surface area contributed by atoms with Crippen molar-refractivity contribution in [3.05, 3.63) is 10.4 Å². The van der Waals surface area contributed by atoms with Crippen molar-refractivity contribution < 1.29 is 9.47 Å². The first-order chi connectivity index (χ1) is 6.43. The summed E-state index contributed by atoms with van der Waals surface area (Å²) in [4.78, 5) is 2.69. The molecule has 1 fully saturated rings. The molecular weight excluding hydrogens is 170 g/mol. The Morgan fingerprint density at radius 1 is 1.23 bits per heavy atom. The normalized spacial score (nSPS) is 17.2. The lowest BCUT2D eigenvalue weighted by Crippen LogP contribution is -2.06. The van der Waals surface area contributed by atoms with E-state index in [1.54, 1.807) is 0 Å². The van der Waals surface area contributed by atoms with Gasteiger partial charge >= 0.3 is 0 Å². The number of nitrogens with zero attached hydrogens (tertiary/aromatic N) is 3. The first kappa shape index (κ1) is 10.3. The van der Waals surface area contributed by atoms with Crippen LogP contribution in [0.5, 0.6) is 0 Å². The Labute approximate surface area is 77.6 Å². The van der Waals surface area contributed by atoms with Gasteiger partial charge in [0, 0.05) is 11.5 Å². The van der Waals surface area contributed by atoms with Crippen LogP contribution in [0, 0.1) is 0 Å². The molecule has 0 saturated carbocycles. The summed E-state index contributed by atoms with van der Waals surface area (Å²) in [6.45, 7) is 2.05. The number of unbranched alkanes of at least 4 members (excludes halogenated alkanes) is 2. The fourth-order valence-electron chi connectivity index (χ4n) is 1.29. The van der Waals surface area contributed by atoms with E-state index in [0.29, 0.717) is 6.54 Å². The van der Waals surface area contributed by atoms with Crippen molar-refractivity contribution in [1.29, 1.82) is 0 Å². The van der Waals surface area contributed by atoms with Gasteiger partial charge in [-0.15, -0.1) is 0 Å². The Morgan fingerprint density at radius 2 is 2.00 bits per heavy atom. The lowest BCUT2D eigenvalue weighted by Gasteiger charge is -2.07. The zero-order valence-corrected chi connectivity index (χ0v) is 7.69. The summed E-state index contributed by atoms with van der Waals surface area (Å²) in [6.07, 6.45) is 4.07. The van der Waals surface area contributed by atoms with Crippen molar-refractivity contribution in [3.8, 4) is 0 Å². The van der Waals surface area contributed by atoms with Gasteiger partial charge in [0.2, 0.25) is 0 Å². The van der Waals surface area contributed by atoms with Crippen LogP contribution in [-0.2, 0) is 9.47 Å². The van der Waals surface area contributed by atoms with Gasteiger partial charge in [-0.25, -0.2) is 0 Å². The molecule has 13 heavy (non-hydrogen) atoms. The Morgan fingerprint density at radius 3 is 2.69 bits per heavy atom. The van der Waals surface area contributed by atoms with Crippen molar-refractivity contribution in [3.63, 3.8) is 0 Å². The maximum atomic E-state index is 8.01. The standard InChI is InChI=1S/C8H15N3O2/c9-11-10-5-3-1-2-4-8-12-6-7-13-8/h8H,1-7H2. The number of rotatable bonds is 6. The highest BCUT2D eigenvalue weighted by Gasteiger charge is 2.14.